The Morgan fingerprint density at radius 1 is 1.18 bits per heavy atom. The SMILES string of the molecule is COc1ccc(Cl)cc1-c1cc(N)nc(Cl)n1. The van der Waals surface area contributed by atoms with Crippen LogP contribution < -0.4 is 10.5 Å². The molecule has 0 unspecified atom stereocenters. The van der Waals surface area contributed by atoms with Gasteiger partial charge >= 0.3 is 0 Å². The second kappa shape index (κ2) is 4.77. The Balaban J connectivity index is 2.62. The minimum Gasteiger partial charge on any atom is -0.496 e. The van der Waals surface area contributed by atoms with Crippen LogP contribution >= 0.6 is 23.2 Å². The Morgan fingerprint density at radius 2 is 1.94 bits per heavy atom. The predicted octanol–water partition coefficient (Wildman–Crippen LogP) is 3.04. The van der Waals surface area contributed by atoms with Crippen molar-refractivity contribution in [1.29, 1.82) is 0 Å². The highest BCUT2D eigenvalue weighted by Crippen LogP contribution is 2.32. The Bertz CT molecular complexity index is 540. The van der Waals surface area contributed by atoms with Gasteiger partial charge in [-0.2, -0.15) is 0 Å². The third-order valence-corrected chi connectivity index (χ3v) is 2.56. The maximum Gasteiger partial charge on any atom is 0.224 e. The quantitative estimate of drug-likeness (QED) is 0.852. The van der Waals surface area contributed by atoms with Gasteiger partial charge in [-0.3, -0.25) is 0 Å². The van der Waals surface area contributed by atoms with Gasteiger partial charge < -0.3 is 10.5 Å². The lowest BCUT2D eigenvalue weighted by atomic mass is 10.1. The molecule has 1 heterocycles. The molecule has 0 saturated heterocycles. The molecular weight excluding hydrogens is 261 g/mol. The first-order valence-corrected chi connectivity index (χ1v) is 5.49. The molecule has 0 spiro atoms. The zero-order chi connectivity index (χ0) is 12.4. The topological polar surface area (TPSA) is 61.0 Å². The molecular formula is C11H9Cl2N3O. The molecule has 0 bridgehead atoms. The number of hydrogen-bond acceptors (Lipinski definition) is 4. The summed E-state index contributed by atoms with van der Waals surface area (Å²) in [6, 6.07) is 6.83. The molecule has 4 nitrogen and oxygen atoms in total. The van der Waals surface area contributed by atoms with Crippen LogP contribution in [0.5, 0.6) is 5.75 Å². The number of methoxy groups -OCH3 is 1. The highest BCUT2D eigenvalue weighted by molar-refractivity contribution is 6.31. The van der Waals surface area contributed by atoms with Crippen molar-refractivity contribution in [3.05, 3.63) is 34.6 Å². The van der Waals surface area contributed by atoms with Crippen LogP contribution in [-0.2, 0) is 0 Å². The van der Waals surface area contributed by atoms with Gasteiger partial charge in [0.2, 0.25) is 5.28 Å². The summed E-state index contributed by atoms with van der Waals surface area (Å²) in [6.45, 7) is 0. The standard InChI is InChI=1S/C11H9Cl2N3O/c1-17-9-3-2-6(12)4-7(9)8-5-10(14)16-11(13)15-8/h2-5H,1H3,(H2,14,15,16). The number of halogens is 2. The smallest absolute Gasteiger partial charge is 0.224 e. The van der Waals surface area contributed by atoms with Gasteiger partial charge in [0.15, 0.2) is 0 Å². The molecule has 17 heavy (non-hydrogen) atoms. The molecule has 0 aliphatic rings. The summed E-state index contributed by atoms with van der Waals surface area (Å²) in [5.74, 6) is 0.936. The van der Waals surface area contributed by atoms with Crippen molar-refractivity contribution in [3.63, 3.8) is 0 Å². The van der Waals surface area contributed by atoms with E-state index in [9.17, 15) is 0 Å². The molecule has 0 amide bonds. The summed E-state index contributed by atoms with van der Waals surface area (Å²) in [4.78, 5) is 7.89. The van der Waals surface area contributed by atoms with Gasteiger partial charge in [-0.1, -0.05) is 11.6 Å². The fraction of sp³-hybridized carbons (Fsp3) is 0.0909. The van der Waals surface area contributed by atoms with E-state index in [-0.39, 0.29) is 5.28 Å². The van der Waals surface area contributed by atoms with Crippen LogP contribution in [0.25, 0.3) is 11.3 Å². The van der Waals surface area contributed by atoms with Gasteiger partial charge in [0.25, 0.3) is 0 Å². The second-order valence-electron chi connectivity index (χ2n) is 3.29. The third kappa shape index (κ3) is 2.60. The van der Waals surface area contributed by atoms with E-state index in [0.29, 0.717) is 22.3 Å². The van der Waals surface area contributed by atoms with Gasteiger partial charge in [0, 0.05) is 16.7 Å². The Kier molecular flexibility index (Phi) is 3.36. The van der Waals surface area contributed by atoms with E-state index in [4.69, 9.17) is 33.7 Å². The molecule has 1 aromatic carbocycles. The van der Waals surface area contributed by atoms with Crippen LogP contribution in [0, 0.1) is 0 Å². The van der Waals surface area contributed by atoms with E-state index in [2.05, 4.69) is 9.97 Å². The first-order valence-electron chi connectivity index (χ1n) is 4.74. The average molecular weight is 270 g/mol. The summed E-state index contributed by atoms with van der Waals surface area (Å²) in [5, 5.41) is 0.663. The lowest BCUT2D eigenvalue weighted by molar-refractivity contribution is 0.416. The van der Waals surface area contributed by atoms with Crippen molar-refractivity contribution < 1.29 is 4.74 Å². The van der Waals surface area contributed by atoms with Gasteiger partial charge in [-0.25, -0.2) is 9.97 Å². The summed E-state index contributed by atoms with van der Waals surface area (Å²) in [6.07, 6.45) is 0. The first-order chi connectivity index (χ1) is 8.10. The van der Waals surface area contributed by atoms with Crippen molar-refractivity contribution in [2.45, 2.75) is 0 Å². The average Bonchev–Trinajstić information content (AvgIpc) is 2.27. The largest absolute Gasteiger partial charge is 0.496 e. The van der Waals surface area contributed by atoms with Crippen LogP contribution in [0.1, 0.15) is 0 Å². The number of aromatic nitrogens is 2. The van der Waals surface area contributed by atoms with E-state index in [0.717, 1.165) is 5.56 Å². The molecule has 0 radical (unpaired) electrons. The van der Waals surface area contributed by atoms with Crippen molar-refractivity contribution >= 4 is 29.0 Å². The predicted molar refractivity (Wildman–Crippen MR) is 68.5 cm³/mol. The fourth-order valence-corrected chi connectivity index (χ4v) is 1.81. The van der Waals surface area contributed by atoms with E-state index < -0.39 is 0 Å². The minimum atomic E-state index is 0.0852. The van der Waals surface area contributed by atoms with Crippen LogP contribution in [0.4, 0.5) is 5.82 Å². The lowest BCUT2D eigenvalue weighted by Gasteiger charge is -2.08. The van der Waals surface area contributed by atoms with Crippen molar-refractivity contribution in [2.24, 2.45) is 0 Å². The maximum atomic E-state index is 5.94. The van der Waals surface area contributed by atoms with Crippen LogP contribution in [0.3, 0.4) is 0 Å². The number of hydrogen-bond donors (Lipinski definition) is 1. The molecule has 6 heteroatoms. The summed E-state index contributed by atoms with van der Waals surface area (Å²) in [5.41, 5.74) is 6.91. The van der Waals surface area contributed by atoms with Gasteiger partial charge in [-0.05, 0) is 29.8 Å². The number of anilines is 1. The highest BCUT2D eigenvalue weighted by atomic mass is 35.5. The molecule has 2 rings (SSSR count). The van der Waals surface area contributed by atoms with Crippen molar-refractivity contribution in [1.82, 2.24) is 9.97 Å². The number of ether oxygens (including phenoxy) is 1. The maximum absolute atomic E-state index is 5.94. The molecule has 0 aliphatic heterocycles. The van der Waals surface area contributed by atoms with Gasteiger partial charge in [-0.15, -0.1) is 0 Å². The third-order valence-electron chi connectivity index (χ3n) is 2.16. The van der Waals surface area contributed by atoms with E-state index >= 15 is 0 Å². The minimum absolute atomic E-state index is 0.0852. The summed E-state index contributed by atoms with van der Waals surface area (Å²) in [7, 11) is 1.57. The van der Waals surface area contributed by atoms with Crippen LogP contribution in [0.15, 0.2) is 24.3 Å². The number of rotatable bonds is 2. The summed E-state index contributed by atoms with van der Waals surface area (Å²) < 4.78 is 5.23. The van der Waals surface area contributed by atoms with Gasteiger partial charge in [0.1, 0.15) is 11.6 Å². The first kappa shape index (κ1) is 12.0. The highest BCUT2D eigenvalue weighted by Gasteiger charge is 2.10. The van der Waals surface area contributed by atoms with Crippen LogP contribution in [0.2, 0.25) is 10.3 Å². The van der Waals surface area contributed by atoms with Crippen molar-refractivity contribution in [2.75, 3.05) is 12.8 Å². The normalized spacial score (nSPS) is 10.3. The van der Waals surface area contributed by atoms with E-state index in [1.165, 1.54) is 0 Å². The number of nitrogens with zero attached hydrogens (tertiary/aromatic N) is 2. The fourth-order valence-electron chi connectivity index (χ4n) is 1.45. The Hall–Kier alpha value is -1.52. The van der Waals surface area contributed by atoms with Crippen LogP contribution in [-0.4, -0.2) is 17.1 Å². The molecule has 0 saturated carbocycles. The molecule has 0 atom stereocenters. The molecule has 88 valence electrons. The van der Waals surface area contributed by atoms with Gasteiger partial charge in [0.05, 0.1) is 12.8 Å². The van der Waals surface area contributed by atoms with E-state index in [1.807, 2.05) is 0 Å². The summed E-state index contributed by atoms with van der Waals surface area (Å²) >= 11 is 11.7. The Morgan fingerprint density at radius 3 is 2.59 bits per heavy atom. The number of nitrogen functional groups attached to an aromatic ring is 1. The monoisotopic (exact) mass is 269 g/mol. The zero-order valence-electron chi connectivity index (χ0n) is 8.95. The van der Waals surface area contributed by atoms with E-state index in [1.54, 1.807) is 31.4 Å². The Labute approximate surface area is 108 Å². The molecule has 1 aromatic heterocycles. The molecule has 0 fully saturated rings. The lowest BCUT2D eigenvalue weighted by Crippen LogP contribution is -1.96. The molecule has 2 N–H and O–H groups in total. The zero-order valence-corrected chi connectivity index (χ0v) is 10.5. The van der Waals surface area contributed by atoms with Crippen molar-refractivity contribution in [3.8, 4) is 17.0 Å². The number of benzene rings is 1. The second-order valence-corrected chi connectivity index (χ2v) is 4.07. The number of nitrogens with two attached hydrogens (primary N) is 1. The molecule has 2 aromatic rings. The molecule has 0 aliphatic carbocycles.